The maximum Gasteiger partial charge on any atom is 0.268 e. The molecule has 4 aromatic rings. The molecular formula is C28H31N3O5S. The van der Waals surface area contributed by atoms with E-state index >= 15 is 0 Å². The second kappa shape index (κ2) is 10.3. The Hall–Kier alpha value is -3.82. The van der Waals surface area contributed by atoms with Gasteiger partial charge < -0.3 is 20.1 Å². The molecule has 37 heavy (non-hydrogen) atoms. The molecule has 0 spiro atoms. The summed E-state index contributed by atoms with van der Waals surface area (Å²) in [6, 6.07) is 19.2. The van der Waals surface area contributed by atoms with E-state index in [1.807, 2.05) is 24.3 Å². The van der Waals surface area contributed by atoms with E-state index in [4.69, 9.17) is 9.84 Å². The van der Waals surface area contributed by atoms with Crippen LogP contribution in [0, 0.1) is 0 Å². The summed E-state index contributed by atoms with van der Waals surface area (Å²) in [5, 5.41) is 12.5. The van der Waals surface area contributed by atoms with Crippen LogP contribution < -0.4 is 14.8 Å². The lowest BCUT2D eigenvalue weighted by atomic mass is 9.87. The van der Waals surface area contributed by atoms with Gasteiger partial charge in [0.2, 0.25) is 0 Å². The largest absolute Gasteiger partial charge is 0.497 e. The number of sulfonamides is 1. The fraction of sp³-hybridized carbons (Fsp3) is 0.250. The van der Waals surface area contributed by atoms with E-state index in [1.165, 1.54) is 0 Å². The lowest BCUT2D eigenvalue weighted by molar-refractivity contribution is 0.0941. The van der Waals surface area contributed by atoms with E-state index in [2.05, 4.69) is 35.8 Å². The third kappa shape index (κ3) is 5.63. The van der Waals surface area contributed by atoms with Crippen molar-refractivity contribution in [1.29, 1.82) is 0 Å². The van der Waals surface area contributed by atoms with E-state index < -0.39 is 10.0 Å². The number of nitrogens with one attached hydrogen (secondary N) is 3. The van der Waals surface area contributed by atoms with E-state index in [9.17, 15) is 13.2 Å². The highest BCUT2D eigenvalue weighted by Gasteiger charge is 2.22. The number of hydrogen-bond donors (Lipinski definition) is 4. The highest BCUT2D eigenvalue weighted by Crippen LogP contribution is 2.36. The first-order valence-electron chi connectivity index (χ1n) is 11.9. The number of amides is 1. The van der Waals surface area contributed by atoms with Crippen molar-refractivity contribution >= 4 is 32.5 Å². The van der Waals surface area contributed by atoms with Crippen LogP contribution in [0.4, 0.5) is 5.69 Å². The van der Waals surface area contributed by atoms with E-state index in [-0.39, 0.29) is 29.4 Å². The predicted octanol–water partition coefficient (Wildman–Crippen LogP) is 4.66. The Kier molecular flexibility index (Phi) is 7.29. The second-order valence-electron chi connectivity index (χ2n) is 9.73. The molecule has 0 unspecified atom stereocenters. The van der Waals surface area contributed by atoms with Crippen LogP contribution in [0.15, 0.2) is 71.6 Å². The van der Waals surface area contributed by atoms with Crippen LogP contribution in [-0.4, -0.2) is 44.7 Å². The van der Waals surface area contributed by atoms with Gasteiger partial charge in [-0.15, -0.1) is 0 Å². The fourth-order valence-electron chi connectivity index (χ4n) is 4.11. The van der Waals surface area contributed by atoms with Crippen molar-refractivity contribution in [3.05, 3.63) is 78.0 Å². The van der Waals surface area contributed by atoms with Gasteiger partial charge in [0, 0.05) is 28.7 Å². The lowest BCUT2D eigenvalue weighted by Crippen LogP contribution is -2.27. The maximum atomic E-state index is 13.1. The number of methoxy groups -OCH3 is 1. The van der Waals surface area contributed by atoms with Crippen LogP contribution in [0.3, 0.4) is 0 Å². The third-order valence-corrected chi connectivity index (χ3v) is 7.46. The van der Waals surface area contributed by atoms with Crippen molar-refractivity contribution < 1.29 is 23.1 Å². The van der Waals surface area contributed by atoms with E-state index in [1.54, 1.807) is 49.6 Å². The number of hydrogen-bond acceptors (Lipinski definition) is 5. The van der Waals surface area contributed by atoms with Crippen molar-refractivity contribution in [2.24, 2.45) is 0 Å². The number of ether oxygens (including phenoxy) is 1. The fourth-order valence-corrected chi connectivity index (χ4v) is 5.16. The molecule has 1 heterocycles. The Morgan fingerprint density at radius 1 is 1.03 bits per heavy atom. The smallest absolute Gasteiger partial charge is 0.268 e. The van der Waals surface area contributed by atoms with Crippen molar-refractivity contribution in [1.82, 2.24) is 10.3 Å². The van der Waals surface area contributed by atoms with Crippen molar-refractivity contribution in [3.8, 4) is 16.9 Å². The van der Waals surface area contributed by atoms with Crippen molar-refractivity contribution in [2.45, 2.75) is 31.1 Å². The van der Waals surface area contributed by atoms with Gasteiger partial charge in [0.15, 0.2) is 0 Å². The number of aromatic nitrogens is 1. The second-order valence-corrected chi connectivity index (χ2v) is 11.4. The number of aliphatic hydroxyl groups is 1. The van der Waals surface area contributed by atoms with Gasteiger partial charge >= 0.3 is 0 Å². The summed E-state index contributed by atoms with van der Waals surface area (Å²) in [6.45, 7) is 6.12. The zero-order valence-corrected chi connectivity index (χ0v) is 22.1. The molecule has 0 aliphatic heterocycles. The molecule has 3 aromatic carbocycles. The summed E-state index contributed by atoms with van der Waals surface area (Å²) in [6.07, 6.45) is 0. The van der Waals surface area contributed by atoms with Gasteiger partial charge in [0.25, 0.3) is 15.9 Å². The molecule has 0 aliphatic rings. The number of aromatic amines is 1. The molecular weight excluding hydrogens is 490 g/mol. The molecule has 1 aromatic heterocycles. The summed E-state index contributed by atoms with van der Waals surface area (Å²) in [7, 11) is -2.28. The Labute approximate surface area is 216 Å². The Morgan fingerprint density at radius 3 is 2.41 bits per heavy atom. The number of aliphatic hydroxyl groups excluding tert-OH is 1. The molecule has 0 saturated heterocycles. The predicted molar refractivity (Wildman–Crippen MR) is 146 cm³/mol. The van der Waals surface area contributed by atoms with Gasteiger partial charge in [-0.1, -0.05) is 45.0 Å². The highest BCUT2D eigenvalue weighted by atomic mass is 32.2. The molecule has 194 valence electrons. The number of fused-ring (bicyclic) bond motifs is 1. The molecule has 4 N–H and O–H groups in total. The molecule has 0 fully saturated rings. The first-order chi connectivity index (χ1) is 17.5. The van der Waals surface area contributed by atoms with E-state index in [0.717, 1.165) is 11.1 Å². The van der Waals surface area contributed by atoms with Crippen molar-refractivity contribution in [2.75, 3.05) is 25.0 Å². The van der Waals surface area contributed by atoms with Crippen LogP contribution >= 0.6 is 0 Å². The zero-order valence-electron chi connectivity index (χ0n) is 21.3. The zero-order chi connectivity index (χ0) is 26.8. The summed E-state index contributed by atoms with van der Waals surface area (Å²) in [4.78, 5) is 16.2. The third-order valence-electron chi connectivity index (χ3n) is 6.06. The van der Waals surface area contributed by atoms with Crippen LogP contribution in [0.1, 0.15) is 36.8 Å². The van der Waals surface area contributed by atoms with Crippen LogP contribution in [0.25, 0.3) is 22.0 Å². The quantitative estimate of drug-likeness (QED) is 0.269. The van der Waals surface area contributed by atoms with Crippen LogP contribution in [-0.2, 0) is 15.4 Å². The average molecular weight is 522 g/mol. The first kappa shape index (κ1) is 26.2. The number of H-pyrrole nitrogens is 1. The molecule has 4 rings (SSSR count). The van der Waals surface area contributed by atoms with Gasteiger partial charge in [0.1, 0.15) is 11.4 Å². The van der Waals surface area contributed by atoms with Gasteiger partial charge in [-0.25, -0.2) is 8.42 Å². The summed E-state index contributed by atoms with van der Waals surface area (Å²) >= 11 is 0. The normalized spacial score (nSPS) is 11.9. The lowest BCUT2D eigenvalue weighted by Gasteiger charge is -2.19. The minimum atomic E-state index is -3.84. The Balaban J connectivity index is 1.77. The first-order valence-corrected chi connectivity index (χ1v) is 13.3. The molecule has 0 atom stereocenters. The summed E-state index contributed by atoms with van der Waals surface area (Å²) in [5.74, 6) is 0.230. The maximum absolute atomic E-state index is 13.1. The molecule has 8 nitrogen and oxygen atoms in total. The Morgan fingerprint density at radius 2 is 1.76 bits per heavy atom. The summed E-state index contributed by atoms with van der Waals surface area (Å²) in [5.41, 5.74) is 3.58. The highest BCUT2D eigenvalue weighted by molar-refractivity contribution is 7.92. The monoisotopic (exact) mass is 521 g/mol. The molecule has 0 radical (unpaired) electrons. The minimum Gasteiger partial charge on any atom is -0.497 e. The molecule has 0 aliphatic carbocycles. The van der Waals surface area contributed by atoms with Gasteiger partial charge in [-0.05, 0) is 59.0 Å². The average Bonchev–Trinajstić information content (AvgIpc) is 3.25. The number of carbonyl (C=O) groups excluding carboxylic acids is 1. The standard InChI is InChI=1S/C28H31N3O5S/c1-28(2,3)19-8-11-22(12-9-19)37(34,35)31-20-10-13-24-23(17-20)25(18-6-5-7-21(16-18)36-4)26(30-24)27(33)29-14-15-32/h5-13,16-17,30-32H,14-15H2,1-4H3,(H,29,33). The molecule has 0 saturated carbocycles. The molecule has 9 heteroatoms. The topological polar surface area (TPSA) is 121 Å². The van der Waals surface area contributed by atoms with E-state index in [0.29, 0.717) is 33.6 Å². The molecule has 1 amide bonds. The van der Waals surface area contributed by atoms with Crippen LogP contribution in [0.2, 0.25) is 0 Å². The van der Waals surface area contributed by atoms with Crippen molar-refractivity contribution in [3.63, 3.8) is 0 Å². The number of carbonyl (C=O) groups is 1. The van der Waals surface area contributed by atoms with Crippen LogP contribution in [0.5, 0.6) is 5.75 Å². The number of rotatable bonds is 8. The Bertz CT molecular complexity index is 1530. The number of benzene rings is 3. The van der Waals surface area contributed by atoms with Gasteiger partial charge in [-0.3, -0.25) is 9.52 Å². The number of anilines is 1. The SMILES string of the molecule is COc1cccc(-c2c(C(=O)NCCO)[nH]c3ccc(NS(=O)(=O)c4ccc(C(C)(C)C)cc4)cc23)c1. The summed E-state index contributed by atoms with van der Waals surface area (Å²) < 4.78 is 34.3. The van der Waals surface area contributed by atoms with Gasteiger partial charge in [0.05, 0.1) is 18.6 Å². The minimum absolute atomic E-state index is 0.0905. The van der Waals surface area contributed by atoms with Gasteiger partial charge in [-0.2, -0.15) is 0 Å². The molecule has 0 bridgehead atoms.